The van der Waals surface area contributed by atoms with Crippen LogP contribution in [0.2, 0.25) is 0 Å². The first-order valence-electron chi connectivity index (χ1n) is 26.0. The van der Waals surface area contributed by atoms with Crippen molar-refractivity contribution in [1.82, 2.24) is 14.5 Å². The van der Waals surface area contributed by atoms with E-state index in [0.29, 0.717) is 13.2 Å². The van der Waals surface area contributed by atoms with Crippen molar-refractivity contribution in [3.8, 4) is 0 Å². The maximum atomic E-state index is 13.1. The minimum Gasteiger partial charge on any atom is -0.465 e. The number of rotatable bonds is 45. The molecule has 0 N–H and O–H groups in total. The zero-order chi connectivity index (χ0) is 42.9. The lowest BCUT2D eigenvalue weighted by Crippen LogP contribution is -2.27. The SMILES string of the molecule is CCCCCCCCC(CCCCCC)C(=O)OCCCCCCN(CCCCCCOC(=O)C(CCCCCC)CCCCCCCC)CCCCn1ccnc1C. The van der Waals surface area contributed by atoms with Gasteiger partial charge >= 0.3 is 11.9 Å². The number of hydrogen-bond donors (Lipinski definition) is 0. The highest BCUT2D eigenvalue weighted by Gasteiger charge is 2.20. The first-order valence-corrected chi connectivity index (χ1v) is 26.0. The molecule has 0 fully saturated rings. The van der Waals surface area contributed by atoms with Crippen LogP contribution in [0.1, 0.15) is 252 Å². The number of imidazole rings is 1. The van der Waals surface area contributed by atoms with Crippen LogP contribution in [0, 0.1) is 18.8 Å². The molecule has 0 amide bonds. The molecule has 0 spiro atoms. The van der Waals surface area contributed by atoms with Gasteiger partial charge in [-0.25, -0.2) is 4.98 Å². The molecule has 59 heavy (non-hydrogen) atoms. The van der Waals surface area contributed by atoms with Gasteiger partial charge in [0, 0.05) is 18.9 Å². The fourth-order valence-electron chi connectivity index (χ4n) is 8.49. The summed E-state index contributed by atoms with van der Waals surface area (Å²) in [5.74, 6) is 1.42. The number of nitrogens with zero attached hydrogens (tertiary/aromatic N) is 3. The number of hydrogen-bond acceptors (Lipinski definition) is 6. The first kappa shape index (κ1) is 55.1. The third-order valence-electron chi connectivity index (χ3n) is 12.6. The second-order valence-electron chi connectivity index (χ2n) is 18.1. The quantitative estimate of drug-likeness (QED) is 0.0481. The molecular formula is C52H99N3O4. The summed E-state index contributed by atoms with van der Waals surface area (Å²) >= 11 is 0. The zero-order valence-corrected chi connectivity index (χ0v) is 40.1. The third-order valence-corrected chi connectivity index (χ3v) is 12.6. The monoisotopic (exact) mass is 830 g/mol. The number of carbonyl (C=O) groups excluding carboxylic acids is 2. The minimum absolute atomic E-state index is 0.0655. The summed E-state index contributed by atoms with van der Waals surface area (Å²) in [6.45, 7) is 16.7. The van der Waals surface area contributed by atoms with E-state index in [0.717, 1.165) is 109 Å². The van der Waals surface area contributed by atoms with Crippen LogP contribution >= 0.6 is 0 Å². The molecule has 0 aliphatic rings. The average molecular weight is 830 g/mol. The van der Waals surface area contributed by atoms with Gasteiger partial charge in [-0.3, -0.25) is 9.59 Å². The van der Waals surface area contributed by atoms with Gasteiger partial charge in [0.2, 0.25) is 0 Å². The van der Waals surface area contributed by atoms with Gasteiger partial charge in [0.25, 0.3) is 0 Å². The van der Waals surface area contributed by atoms with E-state index in [2.05, 4.69) is 55.3 Å². The van der Waals surface area contributed by atoms with Crippen molar-refractivity contribution in [2.75, 3.05) is 32.8 Å². The number of aryl methyl sites for hydroxylation is 2. The molecule has 0 radical (unpaired) electrons. The van der Waals surface area contributed by atoms with Crippen molar-refractivity contribution in [3.05, 3.63) is 18.2 Å². The summed E-state index contributed by atoms with van der Waals surface area (Å²) in [6.07, 6.45) is 44.3. The number of ether oxygens (including phenoxy) is 2. The Labute approximate surface area is 366 Å². The van der Waals surface area contributed by atoms with Crippen LogP contribution in [0.3, 0.4) is 0 Å². The van der Waals surface area contributed by atoms with Crippen LogP contribution in [0.5, 0.6) is 0 Å². The molecule has 0 aromatic carbocycles. The van der Waals surface area contributed by atoms with Gasteiger partial charge in [-0.15, -0.1) is 0 Å². The standard InChI is InChI=1S/C52H99N3O4/c1-6-10-14-18-20-28-38-49(36-26-16-12-8-3)51(56)58-46-34-24-22-30-41-54(43-32-33-44-55-45-40-53-48(55)5)42-31-23-25-35-47-59-52(57)50(37-27-17-13-9-4)39-29-21-19-15-11-7-2/h40,45,49-50H,6-39,41-44,46-47H2,1-5H3. The predicted molar refractivity (Wildman–Crippen MR) is 252 cm³/mol. The largest absolute Gasteiger partial charge is 0.465 e. The van der Waals surface area contributed by atoms with Gasteiger partial charge in [-0.05, 0) is 90.8 Å². The lowest BCUT2D eigenvalue weighted by atomic mass is 9.94. The van der Waals surface area contributed by atoms with Crippen molar-refractivity contribution in [2.24, 2.45) is 11.8 Å². The van der Waals surface area contributed by atoms with Crippen LogP contribution < -0.4 is 0 Å². The molecule has 2 atom stereocenters. The van der Waals surface area contributed by atoms with E-state index in [4.69, 9.17) is 9.47 Å². The van der Waals surface area contributed by atoms with Crippen LogP contribution in [-0.4, -0.2) is 59.2 Å². The third kappa shape index (κ3) is 32.5. The maximum absolute atomic E-state index is 13.1. The molecular weight excluding hydrogens is 731 g/mol. The lowest BCUT2D eigenvalue weighted by Gasteiger charge is -2.22. The van der Waals surface area contributed by atoms with Crippen molar-refractivity contribution >= 4 is 11.9 Å². The topological polar surface area (TPSA) is 73.7 Å². The highest BCUT2D eigenvalue weighted by atomic mass is 16.5. The molecule has 1 aromatic heterocycles. The van der Waals surface area contributed by atoms with E-state index >= 15 is 0 Å². The van der Waals surface area contributed by atoms with E-state index < -0.39 is 0 Å². The van der Waals surface area contributed by atoms with Crippen LogP contribution in [0.4, 0.5) is 0 Å². The van der Waals surface area contributed by atoms with Crippen molar-refractivity contribution in [1.29, 1.82) is 0 Å². The van der Waals surface area contributed by atoms with E-state index in [9.17, 15) is 9.59 Å². The van der Waals surface area contributed by atoms with E-state index in [1.54, 1.807) is 0 Å². The molecule has 1 aromatic rings. The van der Waals surface area contributed by atoms with Gasteiger partial charge in [-0.1, -0.05) is 182 Å². The second-order valence-corrected chi connectivity index (χ2v) is 18.1. The van der Waals surface area contributed by atoms with E-state index in [-0.39, 0.29) is 23.8 Å². The Balaban J connectivity index is 2.43. The number of carbonyl (C=O) groups is 2. The minimum atomic E-state index is 0.0655. The van der Waals surface area contributed by atoms with E-state index in [1.807, 2.05) is 6.20 Å². The lowest BCUT2D eigenvalue weighted by molar-refractivity contribution is -0.150. The summed E-state index contributed by atoms with van der Waals surface area (Å²) in [7, 11) is 0. The van der Waals surface area contributed by atoms with Crippen LogP contribution in [0.15, 0.2) is 12.4 Å². The molecule has 0 aliphatic heterocycles. The Bertz CT molecular complexity index is 1000. The summed E-state index contributed by atoms with van der Waals surface area (Å²) in [5.41, 5.74) is 0. The molecule has 1 rings (SSSR count). The van der Waals surface area contributed by atoms with Gasteiger partial charge in [0.15, 0.2) is 0 Å². The summed E-state index contributed by atoms with van der Waals surface area (Å²) in [6, 6.07) is 0. The Kier molecular flexibility index (Phi) is 38.7. The molecule has 0 bridgehead atoms. The first-order chi connectivity index (χ1) is 29.0. The molecule has 2 unspecified atom stereocenters. The summed E-state index contributed by atoms with van der Waals surface area (Å²) in [5, 5.41) is 0. The van der Waals surface area contributed by atoms with E-state index in [1.165, 1.54) is 141 Å². The molecule has 0 aliphatic carbocycles. The fraction of sp³-hybridized carbons (Fsp3) is 0.904. The normalized spacial score (nSPS) is 12.6. The number of esters is 2. The van der Waals surface area contributed by atoms with Crippen LogP contribution in [0.25, 0.3) is 0 Å². The van der Waals surface area contributed by atoms with Gasteiger partial charge in [0.1, 0.15) is 5.82 Å². The number of aromatic nitrogens is 2. The Morgan fingerprint density at radius 3 is 1.22 bits per heavy atom. The zero-order valence-electron chi connectivity index (χ0n) is 40.1. The maximum Gasteiger partial charge on any atom is 0.308 e. The Hall–Kier alpha value is -1.89. The van der Waals surface area contributed by atoms with Gasteiger partial charge in [0.05, 0.1) is 25.0 Å². The molecule has 1 heterocycles. The molecule has 7 nitrogen and oxygen atoms in total. The fourth-order valence-corrected chi connectivity index (χ4v) is 8.49. The summed E-state index contributed by atoms with van der Waals surface area (Å²) < 4.78 is 14.0. The number of unbranched alkanes of at least 4 members (excludes halogenated alkanes) is 23. The predicted octanol–water partition coefficient (Wildman–Crippen LogP) is 15.2. The Morgan fingerprint density at radius 2 is 0.831 bits per heavy atom. The van der Waals surface area contributed by atoms with Crippen molar-refractivity contribution in [3.63, 3.8) is 0 Å². The molecule has 346 valence electrons. The smallest absolute Gasteiger partial charge is 0.308 e. The molecule has 0 saturated carbocycles. The van der Waals surface area contributed by atoms with Gasteiger partial charge < -0.3 is 18.9 Å². The Morgan fingerprint density at radius 1 is 0.492 bits per heavy atom. The average Bonchev–Trinajstić information content (AvgIpc) is 3.65. The summed E-state index contributed by atoms with van der Waals surface area (Å²) in [4.78, 5) is 33.2. The van der Waals surface area contributed by atoms with Crippen molar-refractivity contribution < 1.29 is 19.1 Å². The van der Waals surface area contributed by atoms with Crippen LogP contribution in [-0.2, 0) is 25.6 Å². The molecule has 7 heteroatoms. The molecule has 0 saturated heterocycles. The van der Waals surface area contributed by atoms with Gasteiger partial charge in [-0.2, -0.15) is 0 Å². The highest BCUT2D eigenvalue weighted by Crippen LogP contribution is 2.22. The highest BCUT2D eigenvalue weighted by molar-refractivity contribution is 5.72. The van der Waals surface area contributed by atoms with Crippen molar-refractivity contribution in [2.45, 2.75) is 259 Å². The second kappa shape index (κ2) is 41.5.